The summed E-state index contributed by atoms with van der Waals surface area (Å²) in [6.45, 7) is 3.71. The fourth-order valence-electron chi connectivity index (χ4n) is 3.29. The van der Waals surface area contributed by atoms with Crippen molar-refractivity contribution in [1.82, 2.24) is 5.32 Å². The molecule has 0 aliphatic carbocycles. The van der Waals surface area contributed by atoms with Crippen molar-refractivity contribution < 1.29 is 9.18 Å². The van der Waals surface area contributed by atoms with Crippen molar-refractivity contribution in [2.75, 3.05) is 18.0 Å². The minimum atomic E-state index is -0.252. The van der Waals surface area contributed by atoms with Gasteiger partial charge in [0.2, 0.25) is 0 Å². The summed E-state index contributed by atoms with van der Waals surface area (Å²) in [5, 5.41) is 3.87. The maximum absolute atomic E-state index is 14.6. The predicted octanol–water partition coefficient (Wildman–Crippen LogP) is 5.28. The first-order valence-electron chi connectivity index (χ1n) is 9.10. The van der Waals surface area contributed by atoms with Crippen molar-refractivity contribution in [1.29, 1.82) is 0 Å². The molecule has 2 aromatic rings. The largest absolute Gasteiger partial charge is 0.369 e. The summed E-state index contributed by atoms with van der Waals surface area (Å²) < 4.78 is 14.6. The van der Waals surface area contributed by atoms with E-state index in [0.717, 1.165) is 31.5 Å². The number of hydrogen-bond acceptors (Lipinski definition) is 4. The lowest BCUT2D eigenvalue weighted by atomic mass is 10.1. The van der Waals surface area contributed by atoms with E-state index in [1.807, 2.05) is 13.0 Å². The number of benzene rings is 2. The molecule has 1 amide bonds. The van der Waals surface area contributed by atoms with Gasteiger partial charge < -0.3 is 10.2 Å². The fourth-order valence-corrected chi connectivity index (χ4v) is 4.25. The molecule has 2 aromatic carbocycles. The standard InChI is InChI=1S/C21H19ClFN3OS/c1-13-10-18(26-8-2-3-9-26)17(23)11-14(13)12-19-20(27)25-21(28-19)24-16-6-4-15(22)5-7-16/h4-7,10-12H,2-3,8-9H2,1H3,(H,24,25,27). The number of nitrogens with zero attached hydrogens (tertiary/aromatic N) is 2. The third kappa shape index (κ3) is 4.08. The molecule has 144 valence electrons. The zero-order valence-electron chi connectivity index (χ0n) is 15.3. The number of carbonyl (C=O) groups is 1. The Morgan fingerprint density at radius 2 is 1.93 bits per heavy atom. The van der Waals surface area contributed by atoms with E-state index in [4.69, 9.17) is 11.6 Å². The van der Waals surface area contributed by atoms with Crippen molar-refractivity contribution in [3.05, 3.63) is 63.3 Å². The molecule has 0 radical (unpaired) electrons. The van der Waals surface area contributed by atoms with Crippen LogP contribution in [0.25, 0.3) is 6.08 Å². The number of anilines is 1. The maximum Gasteiger partial charge on any atom is 0.264 e. The highest BCUT2D eigenvalue weighted by molar-refractivity contribution is 8.18. The highest BCUT2D eigenvalue weighted by atomic mass is 35.5. The molecule has 4 nitrogen and oxygen atoms in total. The van der Waals surface area contributed by atoms with E-state index in [0.29, 0.717) is 32.0 Å². The van der Waals surface area contributed by atoms with E-state index in [9.17, 15) is 9.18 Å². The minimum absolute atomic E-state index is 0.235. The minimum Gasteiger partial charge on any atom is -0.369 e. The second-order valence-corrected chi connectivity index (χ2v) is 8.28. The average molecular weight is 416 g/mol. The maximum atomic E-state index is 14.6. The molecule has 0 bridgehead atoms. The van der Waals surface area contributed by atoms with Crippen LogP contribution in [0.5, 0.6) is 0 Å². The molecule has 0 atom stereocenters. The van der Waals surface area contributed by atoms with Crippen LogP contribution in [0, 0.1) is 12.7 Å². The van der Waals surface area contributed by atoms with Crippen molar-refractivity contribution in [3.8, 4) is 0 Å². The highest BCUT2D eigenvalue weighted by Gasteiger charge is 2.24. The molecule has 2 heterocycles. The van der Waals surface area contributed by atoms with E-state index < -0.39 is 0 Å². The normalized spacial score (nSPS) is 19.7. The molecule has 0 spiro atoms. The fraction of sp³-hybridized carbons (Fsp3) is 0.238. The quantitative estimate of drug-likeness (QED) is 0.693. The summed E-state index contributed by atoms with van der Waals surface area (Å²) >= 11 is 7.12. The first kappa shape index (κ1) is 19.0. The lowest BCUT2D eigenvalue weighted by molar-refractivity contribution is -0.115. The van der Waals surface area contributed by atoms with Crippen LogP contribution >= 0.6 is 23.4 Å². The van der Waals surface area contributed by atoms with Crippen LogP contribution < -0.4 is 10.2 Å². The van der Waals surface area contributed by atoms with Gasteiger partial charge in [0.25, 0.3) is 5.91 Å². The van der Waals surface area contributed by atoms with Crippen LogP contribution in [0.3, 0.4) is 0 Å². The van der Waals surface area contributed by atoms with E-state index in [2.05, 4.69) is 15.2 Å². The molecule has 2 fully saturated rings. The monoisotopic (exact) mass is 415 g/mol. The first-order valence-corrected chi connectivity index (χ1v) is 10.3. The Balaban J connectivity index is 1.57. The molecule has 2 saturated heterocycles. The molecule has 0 unspecified atom stereocenters. The van der Waals surface area contributed by atoms with Gasteiger partial charge in [-0.15, -0.1) is 0 Å². The van der Waals surface area contributed by atoms with Gasteiger partial charge in [-0.2, -0.15) is 0 Å². The molecule has 1 N–H and O–H groups in total. The topological polar surface area (TPSA) is 44.7 Å². The van der Waals surface area contributed by atoms with Gasteiger partial charge in [0.15, 0.2) is 5.17 Å². The number of halogens is 2. The van der Waals surface area contributed by atoms with Crippen molar-refractivity contribution >= 4 is 51.9 Å². The Kier molecular flexibility index (Phi) is 5.42. The van der Waals surface area contributed by atoms with Gasteiger partial charge in [0.05, 0.1) is 16.3 Å². The molecule has 2 aliphatic rings. The van der Waals surface area contributed by atoms with E-state index in [1.165, 1.54) is 17.8 Å². The average Bonchev–Trinajstić information content (AvgIpc) is 3.30. The van der Waals surface area contributed by atoms with Crippen LogP contribution in [0.2, 0.25) is 5.02 Å². The second-order valence-electron chi connectivity index (χ2n) is 6.81. The third-order valence-electron chi connectivity index (χ3n) is 4.78. The second kappa shape index (κ2) is 7.97. The number of aliphatic imine (C=N–C) groups is 1. The molecule has 4 rings (SSSR count). The SMILES string of the molecule is Cc1cc(N2CCCC2)c(F)cc1C=C1SC(=Nc2ccc(Cl)cc2)NC1=O. The van der Waals surface area contributed by atoms with Crippen molar-refractivity contribution in [3.63, 3.8) is 0 Å². The zero-order valence-corrected chi connectivity index (χ0v) is 16.9. The summed E-state index contributed by atoms with van der Waals surface area (Å²) in [5.74, 6) is -0.487. The molecule has 28 heavy (non-hydrogen) atoms. The third-order valence-corrected chi connectivity index (χ3v) is 5.94. The number of amidine groups is 1. The van der Waals surface area contributed by atoms with Gasteiger partial charge in [-0.1, -0.05) is 11.6 Å². The Morgan fingerprint density at radius 3 is 2.64 bits per heavy atom. The van der Waals surface area contributed by atoms with Crippen molar-refractivity contribution in [2.45, 2.75) is 19.8 Å². The number of thioether (sulfide) groups is 1. The van der Waals surface area contributed by atoms with Gasteiger partial charge in [-0.3, -0.25) is 4.79 Å². The summed E-state index contributed by atoms with van der Waals surface area (Å²) in [7, 11) is 0. The number of hydrogen-bond donors (Lipinski definition) is 1. The molecule has 7 heteroatoms. The van der Waals surface area contributed by atoms with Crippen LogP contribution in [-0.4, -0.2) is 24.2 Å². The number of aryl methyl sites for hydroxylation is 1. The first-order chi connectivity index (χ1) is 13.5. The Morgan fingerprint density at radius 1 is 1.21 bits per heavy atom. The summed E-state index contributed by atoms with van der Waals surface area (Å²) in [4.78, 5) is 19.3. The van der Waals surface area contributed by atoms with Gasteiger partial charge in [-0.25, -0.2) is 9.38 Å². The highest BCUT2D eigenvalue weighted by Crippen LogP contribution is 2.32. The molecule has 2 aliphatic heterocycles. The summed E-state index contributed by atoms with van der Waals surface area (Å²) in [6.07, 6.45) is 3.91. The van der Waals surface area contributed by atoms with E-state index in [1.54, 1.807) is 30.3 Å². The lowest BCUT2D eigenvalue weighted by Gasteiger charge is -2.19. The number of nitrogens with one attached hydrogen (secondary N) is 1. The van der Waals surface area contributed by atoms with Gasteiger partial charge in [0, 0.05) is 18.1 Å². The Bertz CT molecular complexity index is 982. The summed E-state index contributed by atoms with van der Waals surface area (Å²) in [5.41, 5.74) is 2.98. The summed E-state index contributed by atoms with van der Waals surface area (Å²) in [6, 6.07) is 10.4. The predicted molar refractivity (Wildman–Crippen MR) is 115 cm³/mol. The number of rotatable bonds is 3. The van der Waals surface area contributed by atoms with Crippen LogP contribution in [0.4, 0.5) is 15.8 Å². The smallest absolute Gasteiger partial charge is 0.264 e. The molecular formula is C21H19ClFN3OS. The van der Waals surface area contributed by atoms with Crippen LogP contribution in [-0.2, 0) is 4.79 Å². The van der Waals surface area contributed by atoms with E-state index in [-0.39, 0.29) is 11.7 Å². The Hall–Kier alpha value is -2.31. The zero-order chi connectivity index (χ0) is 19.7. The van der Waals surface area contributed by atoms with Gasteiger partial charge in [-0.05, 0) is 85.1 Å². The van der Waals surface area contributed by atoms with E-state index >= 15 is 0 Å². The Labute approximate surface area is 172 Å². The molecule has 0 aromatic heterocycles. The van der Waals surface area contributed by atoms with Crippen molar-refractivity contribution in [2.24, 2.45) is 4.99 Å². The van der Waals surface area contributed by atoms with Gasteiger partial charge in [0.1, 0.15) is 5.82 Å². The molecular weight excluding hydrogens is 397 g/mol. The van der Waals surface area contributed by atoms with Gasteiger partial charge >= 0.3 is 0 Å². The van der Waals surface area contributed by atoms with Crippen LogP contribution in [0.15, 0.2) is 46.3 Å². The lowest BCUT2D eigenvalue weighted by Crippen LogP contribution is -2.19. The molecule has 0 saturated carbocycles. The number of carbonyl (C=O) groups excluding carboxylic acids is 1. The number of amides is 1. The van der Waals surface area contributed by atoms with Crippen LogP contribution in [0.1, 0.15) is 24.0 Å².